The van der Waals surface area contributed by atoms with E-state index in [1.807, 2.05) is 67.1 Å². The second-order valence-corrected chi connectivity index (χ2v) is 7.72. The van der Waals surface area contributed by atoms with Crippen LogP contribution in [0, 0.1) is 20.8 Å². The van der Waals surface area contributed by atoms with E-state index in [1.54, 1.807) is 11.6 Å². The average Bonchev–Trinajstić information content (AvgIpc) is 3.05. The van der Waals surface area contributed by atoms with Crippen LogP contribution < -0.4 is 10.7 Å². The number of para-hydroxylation sites is 1. The Morgan fingerprint density at radius 3 is 2.28 bits per heavy atom. The maximum atomic E-state index is 12.8. The maximum Gasteiger partial charge on any atom is 0.276 e. The minimum absolute atomic E-state index is 0.133. The smallest absolute Gasteiger partial charge is 0.276 e. The van der Waals surface area contributed by atoms with Crippen molar-refractivity contribution < 1.29 is 4.79 Å². The third-order valence-electron chi connectivity index (χ3n) is 5.46. The predicted octanol–water partition coefficient (Wildman–Crippen LogP) is 3.33. The SMILES string of the molecule is Cc1nn(Cc2ccccc2)c(C)c1CNC(=O)c1nn(-c2ccccc2)c(C)cc1=O. The number of aromatic nitrogens is 4. The van der Waals surface area contributed by atoms with Crippen LogP contribution >= 0.6 is 0 Å². The first-order chi connectivity index (χ1) is 15.4. The van der Waals surface area contributed by atoms with Gasteiger partial charge in [0, 0.05) is 29.6 Å². The highest BCUT2D eigenvalue weighted by Gasteiger charge is 2.17. The molecule has 4 aromatic rings. The van der Waals surface area contributed by atoms with Gasteiger partial charge in [0.05, 0.1) is 17.9 Å². The van der Waals surface area contributed by atoms with Gasteiger partial charge in [0.1, 0.15) is 0 Å². The Labute approximate surface area is 186 Å². The van der Waals surface area contributed by atoms with E-state index in [0.29, 0.717) is 12.2 Å². The van der Waals surface area contributed by atoms with E-state index in [2.05, 4.69) is 27.6 Å². The fourth-order valence-electron chi connectivity index (χ4n) is 3.69. The van der Waals surface area contributed by atoms with Crippen LogP contribution in [0.3, 0.4) is 0 Å². The number of nitrogens with zero attached hydrogens (tertiary/aromatic N) is 4. The molecule has 0 fully saturated rings. The highest BCUT2D eigenvalue weighted by Crippen LogP contribution is 2.15. The van der Waals surface area contributed by atoms with Crippen molar-refractivity contribution >= 4 is 5.91 Å². The molecular formula is C25H25N5O2. The fraction of sp³-hybridized carbons (Fsp3) is 0.200. The molecular weight excluding hydrogens is 402 g/mol. The lowest BCUT2D eigenvalue weighted by atomic mass is 10.2. The van der Waals surface area contributed by atoms with E-state index < -0.39 is 11.3 Å². The average molecular weight is 428 g/mol. The largest absolute Gasteiger partial charge is 0.346 e. The minimum atomic E-state index is -0.505. The molecule has 2 aromatic heterocycles. The van der Waals surface area contributed by atoms with Crippen LogP contribution in [0.25, 0.3) is 5.69 Å². The van der Waals surface area contributed by atoms with Gasteiger partial charge >= 0.3 is 0 Å². The van der Waals surface area contributed by atoms with Crippen LogP contribution in [0.5, 0.6) is 0 Å². The summed E-state index contributed by atoms with van der Waals surface area (Å²) in [6, 6.07) is 20.9. The minimum Gasteiger partial charge on any atom is -0.346 e. The van der Waals surface area contributed by atoms with Gasteiger partial charge in [-0.2, -0.15) is 10.2 Å². The Bertz CT molecular complexity index is 1310. The first-order valence-corrected chi connectivity index (χ1v) is 10.5. The summed E-state index contributed by atoms with van der Waals surface area (Å²) in [5.41, 5.74) is 4.82. The van der Waals surface area contributed by atoms with Crippen molar-refractivity contribution in [1.29, 1.82) is 0 Å². The van der Waals surface area contributed by atoms with Crippen LogP contribution in [0.2, 0.25) is 0 Å². The predicted molar refractivity (Wildman–Crippen MR) is 123 cm³/mol. The Hall–Kier alpha value is -4.00. The zero-order valence-electron chi connectivity index (χ0n) is 18.4. The number of nitrogens with one attached hydrogen (secondary N) is 1. The van der Waals surface area contributed by atoms with E-state index in [4.69, 9.17) is 0 Å². The Balaban J connectivity index is 1.54. The van der Waals surface area contributed by atoms with Crippen molar-refractivity contribution in [3.05, 3.63) is 111 Å². The van der Waals surface area contributed by atoms with Gasteiger partial charge in [-0.05, 0) is 38.5 Å². The standard InChI is InChI=1S/C25H25N5O2/c1-17-14-23(31)24(28-30(17)21-12-8-5-9-13-21)25(32)26-15-22-18(2)27-29(19(22)3)16-20-10-6-4-7-11-20/h4-14H,15-16H2,1-3H3,(H,26,32). The van der Waals surface area contributed by atoms with Gasteiger partial charge < -0.3 is 5.32 Å². The lowest BCUT2D eigenvalue weighted by Gasteiger charge is -2.11. The molecule has 2 aromatic carbocycles. The third-order valence-corrected chi connectivity index (χ3v) is 5.46. The molecule has 7 heteroatoms. The van der Waals surface area contributed by atoms with Crippen LogP contribution in [0.1, 0.15) is 38.7 Å². The lowest BCUT2D eigenvalue weighted by Crippen LogP contribution is -2.32. The Kier molecular flexibility index (Phi) is 5.98. The quantitative estimate of drug-likeness (QED) is 0.512. The summed E-state index contributed by atoms with van der Waals surface area (Å²) in [5.74, 6) is -0.505. The highest BCUT2D eigenvalue weighted by atomic mass is 16.2. The summed E-state index contributed by atoms with van der Waals surface area (Å²) in [4.78, 5) is 25.3. The summed E-state index contributed by atoms with van der Waals surface area (Å²) in [5, 5.41) is 11.8. The van der Waals surface area contributed by atoms with Crippen LogP contribution in [0.4, 0.5) is 0 Å². The van der Waals surface area contributed by atoms with E-state index in [1.165, 1.54) is 6.07 Å². The lowest BCUT2D eigenvalue weighted by molar-refractivity contribution is 0.0943. The highest BCUT2D eigenvalue weighted by molar-refractivity contribution is 5.92. The molecule has 0 aliphatic carbocycles. The van der Waals surface area contributed by atoms with Gasteiger partial charge in [0.25, 0.3) is 5.91 Å². The van der Waals surface area contributed by atoms with Crippen molar-refractivity contribution in [3.63, 3.8) is 0 Å². The summed E-state index contributed by atoms with van der Waals surface area (Å²) < 4.78 is 3.53. The van der Waals surface area contributed by atoms with Gasteiger partial charge in [-0.25, -0.2) is 4.68 Å². The second-order valence-electron chi connectivity index (χ2n) is 7.72. The summed E-state index contributed by atoms with van der Waals surface area (Å²) in [7, 11) is 0. The van der Waals surface area contributed by atoms with Crippen molar-refractivity contribution in [2.45, 2.75) is 33.9 Å². The van der Waals surface area contributed by atoms with E-state index in [9.17, 15) is 9.59 Å². The van der Waals surface area contributed by atoms with E-state index in [-0.39, 0.29) is 12.2 Å². The topological polar surface area (TPSA) is 81.8 Å². The molecule has 1 N–H and O–H groups in total. The van der Waals surface area contributed by atoms with Crippen LogP contribution in [-0.2, 0) is 13.1 Å². The number of carbonyl (C=O) groups is 1. The number of hydrogen-bond acceptors (Lipinski definition) is 4. The first kappa shape index (κ1) is 21.2. The molecule has 162 valence electrons. The molecule has 0 atom stereocenters. The van der Waals surface area contributed by atoms with Crippen molar-refractivity contribution in [2.24, 2.45) is 0 Å². The molecule has 0 aliphatic rings. The van der Waals surface area contributed by atoms with Crippen molar-refractivity contribution in [1.82, 2.24) is 24.9 Å². The summed E-state index contributed by atoms with van der Waals surface area (Å²) in [6.45, 7) is 6.62. The third kappa shape index (κ3) is 4.37. The van der Waals surface area contributed by atoms with Crippen molar-refractivity contribution in [2.75, 3.05) is 0 Å². The molecule has 7 nitrogen and oxygen atoms in total. The van der Waals surface area contributed by atoms with Crippen LogP contribution in [0.15, 0.2) is 71.5 Å². The molecule has 0 saturated heterocycles. The molecule has 4 rings (SSSR count). The fourth-order valence-corrected chi connectivity index (χ4v) is 3.69. The van der Waals surface area contributed by atoms with Crippen molar-refractivity contribution in [3.8, 4) is 5.69 Å². The molecule has 2 heterocycles. The maximum absolute atomic E-state index is 12.8. The molecule has 32 heavy (non-hydrogen) atoms. The van der Waals surface area contributed by atoms with E-state index in [0.717, 1.165) is 28.2 Å². The van der Waals surface area contributed by atoms with Crippen LogP contribution in [-0.4, -0.2) is 25.5 Å². The summed E-state index contributed by atoms with van der Waals surface area (Å²) >= 11 is 0. The molecule has 0 spiro atoms. The number of benzene rings is 2. The number of carbonyl (C=O) groups excluding carboxylic acids is 1. The van der Waals surface area contributed by atoms with Gasteiger partial charge in [-0.1, -0.05) is 48.5 Å². The number of amides is 1. The second kappa shape index (κ2) is 9.01. The normalized spacial score (nSPS) is 10.8. The number of rotatable bonds is 6. The molecule has 0 bridgehead atoms. The molecule has 1 amide bonds. The molecule has 0 aliphatic heterocycles. The Morgan fingerprint density at radius 2 is 1.59 bits per heavy atom. The first-order valence-electron chi connectivity index (χ1n) is 10.5. The zero-order valence-corrected chi connectivity index (χ0v) is 18.4. The molecule has 0 unspecified atom stereocenters. The van der Waals surface area contributed by atoms with E-state index >= 15 is 0 Å². The molecule has 0 radical (unpaired) electrons. The number of hydrogen-bond donors (Lipinski definition) is 1. The zero-order chi connectivity index (χ0) is 22.7. The molecule has 0 saturated carbocycles. The monoisotopic (exact) mass is 427 g/mol. The number of aryl methyl sites for hydroxylation is 2. The van der Waals surface area contributed by atoms with Gasteiger partial charge in [-0.15, -0.1) is 0 Å². The van der Waals surface area contributed by atoms with Gasteiger partial charge in [0.15, 0.2) is 5.69 Å². The van der Waals surface area contributed by atoms with Gasteiger partial charge in [-0.3, -0.25) is 14.3 Å². The van der Waals surface area contributed by atoms with Gasteiger partial charge in [0.2, 0.25) is 5.43 Å². The Morgan fingerprint density at radius 1 is 0.938 bits per heavy atom. The summed E-state index contributed by atoms with van der Waals surface area (Å²) in [6.07, 6.45) is 0.